The van der Waals surface area contributed by atoms with E-state index in [0.29, 0.717) is 12.2 Å². The van der Waals surface area contributed by atoms with Crippen LogP contribution in [0.3, 0.4) is 0 Å². The van der Waals surface area contributed by atoms with E-state index in [1.165, 1.54) is 12.1 Å². The van der Waals surface area contributed by atoms with Gasteiger partial charge in [0, 0.05) is 38.1 Å². The Balaban J connectivity index is 1.47. The molecule has 0 aliphatic carbocycles. The number of anilines is 2. The second kappa shape index (κ2) is 7.76. The number of carbonyl (C=O) groups excluding carboxylic acids is 1. The van der Waals surface area contributed by atoms with Crippen LogP contribution >= 0.6 is 0 Å². The molecule has 3 rings (SSSR count). The molecule has 1 aliphatic rings. The Kier molecular flexibility index (Phi) is 5.25. The van der Waals surface area contributed by atoms with E-state index >= 15 is 0 Å². The Morgan fingerprint density at radius 3 is 2.36 bits per heavy atom. The van der Waals surface area contributed by atoms with E-state index in [4.69, 9.17) is 5.11 Å². The highest BCUT2D eigenvalue weighted by atomic mass is 16.4. The van der Waals surface area contributed by atoms with E-state index in [9.17, 15) is 9.59 Å². The molecule has 0 saturated carbocycles. The number of aromatic nitrogens is 1. The van der Waals surface area contributed by atoms with E-state index in [2.05, 4.69) is 20.1 Å². The first-order valence-corrected chi connectivity index (χ1v) is 8.13. The average Bonchev–Trinajstić information content (AvgIpc) is 2.63. The molecular formula is C18H20N4O3. The third-order valence-corrected chi connectivity index (χ3v) is 4.13. The second-order valence-corrected chi connectivity index (χ2v) is 5.88. The van der Waals surface area contributed by atoms with Crippen molar-refractivity contribution in [1.82, 2.24) is 9.88 Å². The summed E-state index contributed by atoms with van der Waals surface area (Å²) in [5.41, 5.74) is 0.797. The molecule has 0 unspecified atom stereocenters. The molecule has 2 heterocycles. The summed E-state index contributed by atoms with van der Waals surface area (Å²) in [6, 6.07) is 12.0. The molecule has 1 aromatic heterocycles. The van der Waals surface area contributed by atoms with Crippen LogP contribution in [0.5, 0.6) is 0 Å². The lowest BCUT2D eigenvalue weighted by molar-refractivity contribution is -0.117. The number of benzene rings is 1. The average molecular weight is 340 g/mol. The minimum Gasteiger partial charge on any atom is -0.478 e. The highest BCUT2D eigenvalue weighted by molar-refractivity contribution is 5.93. The van der Waals surface area contributed by atoms with E-state index in [1.54, 1.807) is 18.3 Å². The van der Waals surface area contributed by atoms with Crippen molar-refractivity contribution in [1.29, 1.82) is 0 Å². The predicted molar refractivity (Wildman–Crippen MR) is 94.9 cm³/mol. The van der Waals surface area contributed by atoms with Crippen LogP contribution in [0.25, 0.3) is 0 Å². The van der Waals surface area contributed by atoms with Gasteiger partial charge < -0.3 is 15.3 Å². The molecule has 1 aromatic carbocycles. The molecule has 0 atom stereocenters. The predicted octanol–water partition coefficient (Wildman–Crippen LogP) is 1.54. The molecular weight excluding hydrogens is 320 g/mol. The minimum absolute atomic E-state index is 0.102. The summed E-state index contributed by atoms with van der Waals surface area (Å²) in [6.07, 6.45) is 1.78. The fourth-order valence-electron chi connectivity index (χ4n) is 2.78. The molecule has 0 spiro atoms. The zero-order chi connectivity index (χ0) is 17.6. The molecule has 1 amide bonds. The number of amides is 1. The van der Waals surface area contributed by atoms with E-state index in [0.717, 1.165) is 32.0 Å². The van der Waals surface area contributed by atoms with Crippen molar-refractivity contribution < 1.29 is 14.7 Å². The van der Waals surface area contributed by atoms with Crippen molar-refractivity contribution in [3.8, 4) is 0 Å². The quantitative estimate of drug-likeness (QED) is 0.859. The lowest BCUT2D eigenvalue weighted by Gasteiger charge is -2.34. The molecule has 2 N–H and O–H groups in total. The molecule has 2 aromatic rings. The van der Waals surface area contributed by atoms with Crippen LogP contribution in [0.4, 0.5) is 11.5 Å². The van der Waals surface area contributed by atoms with Crippen LogP contribution in [0.1, 0.15) is 10.4 Å². The maximum Gasteiger partial charge on any atom is 0.335 e. The largest absolute Gasteiger partial charge is 0.478 e. The number of piperazine rings is 1. The van der Waals surface area contributed by atoms with Crippen molar-refractivity contribution in [3.63, 3.8) is 0 Å². The molecule has 7 heteroatoms. The second-order valence-electron chi connectivity index (χ2n) is 5.88. The van der Waals surface area contributed by atoms with Crippen LogP contribution in [-0.4, -0.2) is 59.6 Å². The normalized spacial score (nSPS) is 15.0. The van der Waals surface area contributed by atoms with Gasteiger partial charge in [-0.1, -0.05) is 6.07 Å². The van der Waals surface area contributed by atoms with Gasteiger partial charge in [0.15, 0.2) is 0 Å². The third kappa shape index (κ3) is 4.54. The fraction of sp³-hybridized carbons (Fsp3) is 0.278. The van der Waals surface area contributed by atoms with Crippen LogP contribution in [0, 0.1) is 0 Å². The fourth-order valence-corrected chi connectivity index (χ4v) is 2.78. The van der Waals surface area contributed by atoms with Crippen molar-refractivity contribution >= 4 is 23.4 Å². The number of rotatable bonds is 5. The van der Waals surface area contributed by atoms with E-state index in [1.807, 2.05) is 18.2 Å². The molecule has 0 bridgehead atoms. The van der Waals surface area contributed by atoms with Gasteiger partial charge in [-0.3, -0.25) is 9.69 Å². The van der Waals surface area contributed by atoms with Gasteiger partial charge in [-0.2, -0.15) is 0 Å². The minimum atomic E-state index is -0.983. The maximum atomic E-state index is 12.2. The summed E-state index contributed by atoms with van der Waals surface area (Å²) in [4.78, 5) is 31.6. The lowest BCUT2D eigenvalue weighted by atomic mass is 10.2. The zero-order valence-corrected chi connectivity index (χ0v) is 13.8. The molecule has 130 valence electrons. The van der Waals surface area contributed by atoms with Crippen LogP contribution in [0.15, 0.2) is 48.7 Å². The number of aromatic carboxylic acids is 1. The third-order valence-electron chi connectivity index (χ3n) is 4.13. The number of carboxylic acid groups (broad SMARTS) is 1. The molecule has 7 nitrogen and oxygen atoms in total. The monoisotopic (exact) mass is 340 g/mol. The summed E-state index contributed by atoms with van der Waals surface area (Å²) in [6.45, 7) is 3.57. The Morgan fingerprint density at radius 2 is 1.76 bits per heavy atom. The number of pyridine rings is 1. The van der Waals surface area contributed by atoms with Crippen LogP contribution in [0.2, 0.25) is 0 Å². The molecule has 0 radical (unpaired) electrons. The Morgan fingerprint density at radius 1 is 1.04 bits per heavy atom. The highest BCUT2D eigenvalue weighted by Crippen LogP contribution is 2.13. The smallest absolute Gasteiger partial charge is 0.335 e. The van der Waals surface area contributed by atoms with Gasteiger partial charge >= 0.3 is 5.97 Å². The van der Waals surface area contributed by atoms with Gasteiger partial charge in [-0.25, -0.2) is 9.78 Å². The number of hydrogen-bond acceptors (Lipinski definition) is 5. The summed E-state index contributed by atoms with van der Waals surface area (Å²) < 4.78 is 0. The number of hydrogen-bond donors (Lipinski definition) is 2. The van der Waals surface area contributed by atoms with Gasteiger partial charge in [0.1, 0.15) is 5.82 Å². The topological polar surface area (TPSA) is 85.8 Å². The molecule has 1 aliphatic heterocycles. The highest BCUT2D eigenvalue weighted by Gasteiger charge is 2.19. The number of carbonyl (C=O) groups is 2. The van der Waals surface area contributed by atoms with Crippen molar-refractivity contribution in [2.75, 3.05) is 42.9 Å². The first-order chi connectivity index (χ1) is 12.1. The zero-order valence-electron chi connectivity index (χ0n) is 13.8. The van der Waals surface area contributed by atoms with Gasteiger partial charge in [-0.05, 0) is 36.4 Å². The Labute approximate surface area is 145 Å². The number of nitrogens with zero attached hydrogens (tertiary/aromatic N) is 3. The van der Waals surface area contributed by atoms with Crippen molar-refractivity contribution in [3.05, 3.63) is 54.2 Å². The van der Waals surface area contributed by atoms with Gasteiger partial charge in [-0.15, -0.1) is 0 Å². The summed E-state index contributed by atoms with van der Waals surface area (Å²) in [5.74, 6) is -0.122. The number of carboxylic acids is 1. The van der Waals surface area contributed by atoms with Crippen molar-refractivity contribution in [2.24, 2.45) is 0 Å². The van der Waals surface area contributed by atoms with E-state index < -0.39 is 5.97 Å². The lowest BCUT2D eigenvalue weighted by Crippen LogP contribution is -2.48. The van der Waals surface area contributed by atoms with Crippen molar-refractivity contribution in [2.45, 2.75) is 0 Å². The van der Waals surface area contributed by atoms with Gasteiger partial charge in [0.25, 0.3) is 0 Å². The standard InChI is InChI=1S/C18H20N4O3/c23-17(20-15-6-4-14(5-7-15)18(24)25)13-21-9-11-22(12-10-21)16-3-1-2-8-19-16/h1-8H,9-13H2,(H,20,23)(H,24,25). The molecule has 1 fully saturated rings. The first-order valence-electron chi connectivity index (χ1n) is 8.13. The summed E-state index contributed by atoms with van der Waals surface area (Å²) >= 11 is 0. The first kappa shape index (κ1) is 16.9. The maximum absolute atomic E-state index is 12.2. The molecule has 1 saturated heterocycles. The Bertz CT molecular complexity index is 726. The number of nitrogens with one attached hydrogen (secondary N) is 1. The SMILES string of the molecule is O=C(CN1CCN(c2ccccn2)CC1)Nc1ccc(C(=O)O)cc1. The summed E-state index contributed by atoms with van der Waals surface area (Å²) in [5, 5.41) is 11.7. The van der Waals surface area contributed by atoms with E-state index in [-0.39, 0.29) is 11.5 Å². The van der Waals surface area contributed by atoms with Gasteiger partial charge in [0.05, 0.1) is 12.1 Å². The van der Waals surface area contributed by atoms with Crippen LogP contribution in [-0.2, 0) is 4.79 Å². The summed E-state index contributed by atoms with van der Waals surface area (Å²) in [7, 11) is 0. The molecule has 25 heavy (non-hydrogen) atoms. The van der Waals surface area contributed by atoms with Crippen LogP contribution < -0.4 is 10.2 Å². The Hall–Kier alpha value is -2.93. The van der Waals surface area contributed by atoms with Gasteiger partial charge in [0.2, 0.25) is 5.91 Å².